The van der Waals surface area contributed by atoms with E-state index in [2.05, 4.69) is 10.6 Å². The molecule has 0 bridgehead atoms. The summed E-state index contributed by atoms with van der Waals surface area (Å²) in [5.41, 5.74) is 5.49. The fraction of sp³-hybridized carbons (Fsp3) is 0.333. The number of amides is 3. The van der Waals surface area contributed by atoms with Crippen molar-refractivity contribution in [2.75, 3.05) is 17.3 Å². The van der Waals surface area contributed by atoms with Gasteiger partial charge in [0, 0.05) is 5.69 Å². The van der Waals surface area contributed by atoms with Crippen LogP contribution in [0.2, 0.25) is 0 Å². The molecule has 1 rings (SSSR count). The van der Waals surface area contributed by atoms with Crippen molar-refractivity contribution in [2.45, 2.75) is 12.5 Å². The lowest BCUT2D eigenvalue weighted by atomic mass is 10.2. The second-order valence-electron chi connectivity index (χ2n) is 3.84. The van der Waals surface area contributed by atoms with E-state index in [0.717, 1.165) is 0 Å². The maximum Gasteiger partial charge on any atom is 0.312 e. The van der Waals surface area contributed by atoms with Crippen LogP contribution in [0.3, 0.4) is 0 Å². The summed E-state index contributed by atoms with van der Waals surface area (Å²) in [7, 11) is 0. The van der Waals surface area contributed by atoms with E-state index in [1.54, 1.807) is 11.8 Å². The number of primary amides is 1. The summed E-state index contributed by atoms with van der Waals surface area (Å²) < 4.78 is 12.7. The number of nitrogens with one attached hydrogen (secondary N) is 2. The zero-order valence-corrected chi connectivity index (χ0v) is 11.3. The summed E-state index contributed by atoms with van der Waals surface area (Å²) in [5.74, 6) is -0.0476. The van der Waals surface area contributed by atoms with Gasteiger partial charge in [0.2, 0.25) is 5.91 Å². The molecule has 104 valence electrons. The lowest BCUT2D eigenvalue weighted by molar-refractivity contribution is -0.117. The van der Waals surface area contributed by atoms with E-state index < -0.39 is 12.1 Å². The Morgan fingerprint density at radius 1 is 1.37 bits per heavy atom. The number of rotatable bonds is 6. The summed E-state index contributed by atoms with van der Waals surface area (Å²) in [6.45, 7) is 0. The third kappa shape index (κ3) is 5.60. The average molecular weight is 285 g/mol. The van der Waals surface area contributed by atoms with Crippen molar-refractivity contribution in [3.05, 3.63) is 30.1 Å². The van der Waals surface area contributed by atoms with Crippen molar-refractivity contribution in [1.82, 2.24) is 5.32 Å². The number of nitrogens with two attached hydrogens (primary N) is 1. The highest BCUT2D eigenvalue weighted by molar-refractivity contribution is 7.98. The van der Waals surface area contributed by atoms with Gasteiger partial charge < -0.3 is 16.4 Å². The molecular weight excluding hydrogens is 269 g/mol. The molecule has 1 aromatic carbocycles. The minimum Gasteiger partial charge on any atom is -0.352 e. The van der Waals surface area contributed by atoms with Crippen molar-refractivity contribution >= 4 is 29.4 Å². The van der Waals surface area contributed by atoms with Gasteiger partial charge in [0.05, 0.1) is 0 Å². The van der Waals surface area contributed by atoms with E-state index in [9.17, 15) is 14.0 Å². The van der Waals surface area contributed by atoms with Crippen LogP contribution in [0.1, 0.15) is 6.42 Å². The van der Waals surface area contributed by atoms with Crippen LogP contribution in [0.25, 0.3) is 0 Å². The van der Waals surface area contributed by atoms with Crippen molar-refractivity contribution in [2.24, 2.45) is 5.73 Å². The SMILES string of the molecule is CSCCC(NC(N)=O)C(=O)Nc1ccc(F)cc1. The predicted octanol–water partition coefficient (Wildman–Crippen LogP) is 1.55. The lowest BCUT2D eigenvalue weighted by Gasteiger charge is -2.16. The molecule has 1 atom stereocenters. The van der Waals surface area contributed by atoms with Crippen LogP contribution in [0, 0.1) is 5.82 Å². The lowest BCUT2D eigenvalue weighted by Crippen LogP contribution is -2.46. The maximum atomic E-state index is 12.7. The Balaban J connectivity index is 2.64. The third-order valence-electron chi connectivity index (χ3n) is 2.36. The van der Waals surface area contributed by atoms with Crippen LogP contribution >= 0.6 is 11.8 Å². The van der Waals surface area contributed by atoms with Crippen molar-refractivity contribution < 1.29 is 14.0 Å². The molecule has 0 aliphatic carbocycles. The number of halogens is 1. The molecule has 0 saturated carbocycles. The molecule has 19 heavy (non-hydrogen) atoms. The summed E-state index contributed by atoms with van der Waals surface area (Å²) in [6, 6.07) is 3.93. The second-order valence-corrected chi connectivity index (χ2v) is 4.82. The molecule has 3 amide bonds. The maximum absolute atomic E-state index is 12.7. The van der Waals surface area contributed by atoms with Gasteiger partial charge in [0.1, 0.15) is 11.9 Å². The fourth-order valence-corrected chi connectivity index (χ4v) is 1.91. The van der Waals surface area contributed by atoms with Crippen molar-refractivity contribution in [3.8, 4) is 0 Å². The molecule has 0 aliphatic heterocycles. The number of carbonyl (C=O) groups excluding carboxylic acids is 2. The normalized spacial score (nSPS) is 11.7. The Kier molecular flexibility index (Phi) is 6.14. The highest BCUT2D eigenvalue weighted by Gasteiger charge is 2.19. The van der Waals surface area contributed by atoms with Gasteiger partial charge in [-0.1, -0.05) is 0 Å². The van der Waals surface area contributed by atoms with Crippen LogP contribution in [-0.2, 0) is 4.79 Å². The van der Waals surface area contributed by atoms with Crippen LogP contribution in [0.4, 0.5) is 14.9 Å². The highest BCUT2D eigenvalue weighted by Crippen LogP contribution is 2.10. The summed E-state index contributed by atoms with van der Waals surface area (Å²) >= 11 is 1.56. The Bertz CT molecular complexity index is 439. The minimum absolute atomic E-state index is 0.376. The van der Waals surface area contributed by atoms with Crippen LogP contribution in [0.5, 0.6) is 0 Å². The quantitative estimate of drug-likeness (QED) is 0.741. The van der Waals surface area contributed by atoms with E-state index >= 15 is 0 Å². The number of anilines is 1. The monoisotopic (exact) mass is 285 g/mol. The molecule has 0 saturated heterocycles. The van der Waals surface area contributed by atoms with Gasteiger partial charge in [-0.25, -0.2) is 9.18 Å². The van der Waals surface area contributed by atoms with Gasteiger partial charge in [-0.15, -0.1) is 0 Å². The first kappa shape index (κ1) is 15.3. The van der Waals surface area contributed by atoms with Gasteiger partial charge in [-0.3, -0.25) is 4.79 Å². The molecule has 4 N–H and O–H groups in total. The first-order chi connectivity index (χ1) is 9.02. The first-order valence-electron chi connectivity index (χ1n) is 5.64. The van der Waals surface area contributed by atoms with E-state index in [0.29, 0.717) is 17.9 Å². The van der Waals surface area contributed by atoms with Crippen LogP contribution in [-0.4, -0.2) is 30.0 Å². The van der Waals surface area contributed by atoms with Gasteiger partial charge in [0.25, 0.3) is 0 Å². The smallest absolute Gasteiger partial charge is 0.312 e. The third-order valence-corrected chi connectivity index (χ3v) is 3.00. The number of benzene rings is 1. The average Bonchev–Trinajstić information content (AvgIpc) is 2.36. The molecule has 0 heterocycles. The molecular formula is C12H16FN3O2S. The number of hydrogen-bond donors (Lipinski definition) is 3. The molecule has 0 aromatic heterocycles. The second kappa shape index (κ2) is 7.63. The summed E-state index contributed by atoms with van der Waals surface area (Å²) in [4.78, 5) is 22.8. The summed E-state index contributed by atoms with van der Waals surface area (Å²) in [6.07, 6.45) is 2.37. The summed E-state index contributed by atoms with van der Waals surface area (Å²) in [5, 5.41) is 4.98. The molecule has 1 unspecified atom stereocenters. The van der Waals surface area contributed by atoms with Crippen LogP contribution in [0.15, 0.2) is 24.3 Å². The molecule has 5 nitrogen and oxygen atoms in total. The van der Waals surface area contributed by atoms with E-state index in [-0.39, 0.29) is 11.7 Å². The Morgan fingerprint density at radius 2 is 2.00 bits per heavy atom. The van der Waals surface area contributed by atoms with Crippen molar-refractivity contribution in [3.63, 3.8) is 0 Å². The molecule has 7 heteroatoms. The van der Waals surface area contributed by atoms with E-state index in [1.165, 1.54) is 24.3 Å². The van der Waals surface area contributed by atoms with E-state index in [4.69, 9.17) is 5.73 Å². The Morgan fingerprint density at radius 3 is 2.53 bits per heavy atom. The molecule has 1 aromatic rings. The predicted molar refractivity (Wildman–Crippen MR) is 74.5 cm³/mol. The Hall–Kier alpha value is -1.76. The molecule has 0 radical (unpaired) electrons. The van der Waals surface area contributed by atoms with E-state index in [1.807, 2.05) is 6.26 Å². The Labute approximate surface area is 115 Å². The standard InChI is InChI=1S/C12H16FN3O2S/c1-19-7-6-10(16-12(14)18)11(17)15-9-4-2-8(13)3-5-9/h2-5,10H,6-7H2,1H3,(H,15,17)(H3,14,16,18). The number of thioether (sulfide) groups is 1. The number of carbonyl (C=O) groups is 2. The highest BCUT2D eigenvalue weighted by atomic mass is 32.2. The topological polar surface area (TPSA) is 84.2 Å². The van der Waals surface area contributed by atoms with Crippen molar-refractivity contribution in [1.29, 1.82) is 0 Å². The van der Waals surface area contributed by atoms with Gasteiger partial charge in [-0.2, -0.15) is 11.8 Å². The fourth-order valence-electron chi connectivity index (χ4n) is 1.44. The van der Waals surface area contributed by atoms with Crippen LogP contribution < -0.4 is 16.4 Å². The zero-order chi connectivity index (χ0) is 14.3. The van der Waals surface area contributed by atoms with Gasteiger partial charge in [0.15, 0.2) is 0 Å². The zero-order valence-electron chi connectivity index (χ0n) is 10.5. The van der Waals surface area contributed by atoms with Gasteiger partial charge >= 0.3 is 6.03 Å². The minimum atomic E-state index is -0.750. The largest absolute Gasteiger partial charge is 0.352 e. The molecule has 0 fully saturated rings. The number of urea groups is 1. The van der Waals surface area contributed by atoms with Gasteiger partial charge in [-0.05, 0) is 42.7 Å². The molecule has 0 aliphatic rings. The number of hydrogen-bond acceptors (Lipinski definition) is 3. The molecule has 0 spiro atoms. The first-order valence-corrected chi connectivity index (χ1v) is 7.03.